The molecule has 4 atom stereocenters. The molecule has 0 unspecified atom stereocenters. The van der Waals surface area contributed by atoms with Crippen molar-refractivity contribution in [1.29, 1.82) is 0 Å². The first-order valence-electron chi connectivity index (χ1n) is 12.5. The van der Waals surface area contributed by atoms with Crippen molar-refractivity contribution < 1.29 is 9.13 Å². The van der Waals surface area contributed by atoms with Gasteiger partial charge < -0.3 is 9.80 Å². The lowest BCUT2D eigenvalue weighted by atomic mass is 9.91. The Morgan fingerprint density at radius 1 is 0.581 bits per heavy atom. The molecule has 6 heterocycles. The smallest absolute Gasteiger partial charge is 0.171 e. The highest BCUT2D eigenvalue weighted by atomic mass is 32.2. The summed E-state index contributed by atoms with van der Waals surface area (Å²) >= 11 is 2.28. The number of rotatable bonds is 4. The number of thioether (sulfide) groups is 1. The predicted molar refractivity (Wildman–Crippen MR) is 128 cm³/mol. The summed E-state index contributed by atoms with van der Waals surface area (Å²) in [5.41, 5.74) is 2.82. The van der Waals surface area contributed by atoms with Crippen molar-refractivity contribution in [3.63, 3.8) is 0 Å². The van der Waals surface area contributed by atoms with Gasteiger partial charge in [-0.25, -0.2) is 9.13 Å². The first kappa shape index (κ1) is 19.9. The Morgan fingerprint density at radius 2 is 0.968 bits per heavy atom. The Hall–Kier alpha value is -1.75. The summed E-state index contributed by atoms with van der Waals surface area (Å²) in [7, 11) is 0. The lowest BCUT2D eigenvalue weighted by molar-refractivity contribution is -0.733. The molecular weight excluding hydrogens is 400 g/mol. The monoisotopic (exact) mass is 436 g/mol. The molecule has 4 aliphatic rings. The van der Waals surface area contributed by atoms with Crippen LogP contribution < -0.4 is 18.9 Å². The number of hydrogen-bond acceptors (Lipinski definition) is 3. The molecule has 4 saturated heterocycles. The highest BCUT2D eigenvalue weighted by Crippen LogP contribution is 2.47. The van der Waals surface area contributed by atoms with Gasteiger partial charge >= 0.3 is 0 Å². The average Bonchev–Trinajstić information content (AvgIpc) is 3.55. The van der Waals surface area contributed by atoms with Crippen LogP contribution in [-0.4, -0.2) is 36.7 Å². The number of hydrogen-bond donors (Lipinski definition) is 0. The van der Waals surface area contributed by atoms with Gasteiger partial charge in [-0.2, -0.15) is 0 Å². The first-order valence-corrected chi connectivity index (χ1v) is 13.5. The second-order valence-corrected chi connectivity index (χ2v) is 11.4. The van der Waals surface area contributed by atoms with Gasteiger partial charge in [0.25, 0.3) is 0 Å². The topological polar surface area (TPSA) is 14.2 Å². The maximum absolute atomic E-state index is 2.54. The maximum atomic E-state index is 2.54. The van der Waals surface area contributed by atoms with Gasteiger partial charge in [-0.3, -0.25) is 0 Å². The average molecular weight is 437 g/mol. The Labute approximate surface area is 191 Å². The fourth-order valence-corrected chi connectivity index (χ4v) is 8.23. The van der Waals surface area contributed by atoms with E-state index in [0.29, 0.717) is 12.1 Å². The highest BCUT2D eigenvalue weighted by molar-refractivity contribution is 8.00. The third-order valence-corrected chi connectivity index (χ3v) is 9.88. The van der Waals surface area contributed by atoms with E-state index in [1.165, 1.54) is 88.9 Å². The van der Waals surface area contributed by atoms with Crippen LogP contribution >= 0.6 is 11.8 Å². The zero-order valence-electron chi connectivity index (χ0n) is 18.6. The number of nitrogens with zero attached hydrogens (tertiary/aromatic N) is 4. The van der Waals surface area contributed by atoms with Crippen molar-refractivity contribution in [2.45, 2.75) is 74.0 Å². The van der Waals surface area contributed by atoms with Crippen LogP contribution in [0, 0.1) is 0 Å². The summed E-state index contributed by atoms with van der Waals surface area (Å²) in [5, 5.41) is 1.53. The third-order valence-electron chi connectivity index (χ3n) is 8.08. The van der Waals surface area contributed by atoms with Gasteiger partial charge in [-0.1, -0.05) is 0 Å². The summed E-state index contributed by atoms with van der Waals surface area (Å²) < 4.78 is 5.04. The Bertz CT molecular complexity index is 798. The zero-order chi connectivity index (χ0) is 20.6. The van der Waals surface area contributed by atoms with Crippen molar-refractivity contribution in [3.05, 3.63) is 49.1 Å². The minimum atomic E-state index is 0.664. The molecule has 6 rings (SSSR count). The van der Waals surface area contributed by atoms with Crippen LogP contribution in [0.5, 0.6) is 0 Å². The zero-order valence-corrected chi connectivity index (χ0v) is 19.4. The molecule has 5 heteroatoms. The Morgan fingerprint density at radius 3 is 1.35 bits per heavy atom. The van der Waals surface area contributed by atoms with Gasteiger partial charge in [-0.15, -0.1) is 11.8 Å². The number of fused-ring (bicyclic) bond motifs is 2. The predicted octanol–water partition coefficient (Wildman–Crippen LogP) is 4.30. The van der Waals surface area contributed by atoms with Gasteiger partial charge in [0.2, 0.25) is 0 Å². The van der Waals surface area contributed by atoms with Crippen LogP contribution in [0.3, 0.4) is 0 Å². The highest BCUT2D eigenvalue weighted by Gasteiger charge is 2.46. The van der Waals surface area contributed by atoms with Gasteiger partial charge in [0.05, 0.1) is 10.5 Å². The summed E-state index contributed by atoms with van der Waals surface area (Å²) in [6.07, 6.45) is 20.1. The van der Waals surface area contributed by atoms with Crippen LogP contribution in [0.1, 0.15) is 63.5 Å². The van der Waals surface area contributed by atoms with Gasteiger partial charge in [0.15, 0.2) is 36.9 Å². The molecule has 2 aromatic heterocycles. The number of anilines is 2. The van der Waals surface area contributed by atoms with Crippen LogP contribution in [-0.2, 0) is 0 Å². The molecule has 4 aliphatic heterocycles. The second-order valence-electron chi connectivity index (χ2n) is 9.90. The van der Waals surface area contributed by atoms with E-state index in [-0.39, 0.29) is 0 Å². The lowest BCUT2D eigenvalue weighted by Crippen LogP contribution is -2.54. The van der Waals surface area contributed by atoms with Crippen molar-refractivity contribution in [3.8, 4) is 0 Å². The standard InChI is InChI=1S/C26H36N4S/c1-2-14-27(13-1)21-9-17-29(18-10-21)23-5-7-26-24(6-8-25(23)31-26)30-19-11-22(12-20-30)28-15-3-4-16-28/h9-12,17-20,23-26H,1-8,13-16H2/q+2/t23-,24-,25-,26-/m1/s1. The molecule has 4 nitrogen and oxygen atoms in total. The van der Waals surface area contributed by atoms with Crippen molar-refractivity contribution >= 4 is 23.1 Å². The molecule has 0 amide bonds. The molecule has 4 fully saturated rings. The second kappa shape index (κ2) is 8.65. The van der Waals surface area contributed by atoms with E-state index in [2.05, 4.69) is 79.7 Å². The van der Waals surface area contributed by atoms with E-state index in [1.54, 1.807) is 0 Å². The fraction of sp³-hybridized carbons (Fsp3) is 0.615. The summed E-state index contributed by atoms with van der Waals surface area (Å²) in [6, 6.07) is 10.7. The lowest BCUT2D eigenvalue weighted by Gasteiger charge is -2.39. The first-order chi connectivity index (χ1) is 15.3. The minimum absolute atomic E-state index is 0.664. The van der Waals surface area contributed by atoms with Crippen molar-refractivity contribution in [2.75, 3.05) is 36.0 Å². The summed E-state index contributed by atoms with van der Waals surface area (Å²) in [6.45, 7) is 4.91. The van der Waals surface area contributed by atoms with E-state index in [0.717, 1.165) is 10.5 Å². The Balaban J connectivity index is 1.11. The van der Waals surface area contributed by atoms with Gasteiger partial charge in [0, 0.05) is 74.7 Å². The Kier molecular flexibility index (Phi) is 5.55. The van der Waals surface area contributed by atoms with Gasteiger partial charge in [-0.05, 0) is 38.5 Å². The molecule has 0 saturated carbocycles. The molecule has 0 spiro atoms. The van der Waals surface area contributed by atoms with Crippen molar-refractivity contribution in [1.82, 2.24) is 0 Å². The quantitative estimate of drug-likeness (QED) is 0.664. The van der Waals surface area contributed by atoms with Gasteiger partial charge in [0.1, 0.15) is 0 Å². The molecule has 0 aromatic carbocycles. The third kappa shape index (κ3) is 3.94. The SMILES string of the molecule is c1c[n+]([C@@H]2CC[C@H]3S[C@@H]2CC[C@H]3[n+]2ccc(N3CCCC3)cc2)ccc1N1CCCC1. The molecule has 164 valence electrons. The minimum Gasteiger partial charge on any atom is -0.371 e. The normalized spacial score (nSPS) is 30.7. The largest absolute Gasteiger partial charge is 0.371 e. The van der Waals surface area contributed by atoms with Crippen LogP contribution in [0.2, 0.25) is 0 Å². The molecule has 2 bridgehead atoms. The van der Waals surface area contributed by atoms with Crippen molar-refractivity contribution in [2.24, 2.45) is 0 Å². The van der Waals surface area contributed by atoms with E-state index >= 15 is 0 Å². The fourth-order valence-electron chi connectivity index (χ4n) is 6.33. The molecule has 2 aromatic rings. The van der Waals surface area contributed by atoms with Crippen LogP contribution in [0.25, 0.3) is 0 Å². The molecular formula is C26H36N4S+2. The molecule has 31 heavy (non-hydrogen) atoms. The van der Waals surface area contributed by atoms with Crippen LogP contribution in [0.4, 0.5) is 11.4 Å². The molecule has 0 radical (unpaired) electrons. The number of pyridine rings is 2. The number of aromatic nitrogens is 2. The van der Waals surface area contributed by atoms with E-state index in [1.807, 2.05) is 0 Å². The summed E-state index contributed by atoms with van der Waals surface area (Å²) in [5.74, 6) is 0. The van der Waals surface area contributed by atoms with Crippen LogP contribution in [0.15, 0.2) is 49.1 Å². The maximum Gasteiger partial charge on any atom is 0.171 e. The van der Waals surface area contributed by atoms with E-state index < -0.39 is 0 Å². The van der Waals surface area contributed by atoms with E-state index in [4.69, 9.17) is 0 Å². The van der Waals surface area contributed by atoms with E-state index in [9.17, 15) is 0 Å². The molecule has 0 aliphatic carbocycles. The molecule has 0 N–H and O–H groups in total. The summed E-state index contributed by atoms with van der Waals surface area (Å²) in [4.78, 5) is 5.07.